The van der Waals surface area contributed by atoms with E-state index in [0.717, 1.165) is 32.1 Å². The highest BCUT2D eigenvalue weighted by Crippen LogP contribution is 2.22. The first-order chi connectivity index (χ1) is 6.56. The Morgan fingerprint density at radius 1 is 1.07 bits per heavy atom. The highest BCUT2D eigenvalue weighted by atomic mass is 16.4. The summed E-state index contributed by atoms with van der Waals surface area (Å²) in [6.45, 7) is 4.06. The number of carboxylic acid groups (broad SMARTS) is 1. The van der Waals surface area contributed by atoms with Crippen molar-refractivity contribution in [3.05, 3.63) is 0 Å². The molecule has 0 aliphatic carbocycles. The third kappa shape index (κ3) is 4.61. The third-order valence-corrected chi connectivity index (χ3v) is 2.54. The van der Waals surface area contributed by atoms with Crippen LogP contribution in [0.3, 0.4) is 0 Å². The standard InChI is InChI=1S/C11H22O3/c1-3-5-7-9-11(14,10(12)13)8-6-4-2/h14H,3-9H2,1-2H3,(H,12,13). The summed E-state index contributed by atoms with van der Waals surface area (Å²) in [5.41, 5.74) is -1.48. The summed E-state index contributed by atoms with van der Waals surface area (Å²) in [6, 6.07) is 0. The van der Waals surface area contributed by atoms with Crippen LogP contribution in [0.2, 0.25) is 0 Å². The minimum absolute atomic E-state index is 0.378. The van der Waals surface area contributed by atoms with Gasteiger partial charge >= 0.3 is 5.97 Å². The predicted molar refractivity (Wildman–Crippen MR) is 56.3 cm³/mol. The van der Waals surface area contributed by atoms with Crippen LogP contribution in [0.25, 0.3) is 0 Å². The van der Waals surface area contributed by atoms with Gasteiger partial charge in [0.05, 0.1) is 0 Å². The number of aliphatic carboxylic acids is 1. The van der Waals surface area contributed by atoms with E-state index in [1.165, 1.54) is 0 Å². The summed E-state index contributed by atoms with van der Waals surface area (Å²) < 4.78 is 0. The van der Waals surface area contributed by atoms with E-state index in [4.69, 9.17) is 5.11 Å². The molecule has 0 saturated heterocycles. The van der Waals surface area contributed by atoms with E-state index in [1.807, 2.05) is 6.92 Å². The molecule has 14 heavy (non-hydrogen) atoms. The number of hydrogen-bond acceptors (Lipinski definition) is 2. The van der Waals surface area contributed by atoms with Crippen molar-refractivity contribution in [2.24, 2.45) is 0 Å². The Hall–Kier alpha value is -0.570. The summed E-state index contributed by atoms with van der Waals surface area (Å²) in [5, 5.41) is 18.8. The normalized spacial score (nSPS) is 15.1. The van der Waals surface area contributed by atoms with E-state index in [2.05, 4.69) is 6.92 Å². The van der Waals surface area contributed by atoms with Crippen LogP contribution in [0.15, 0.2) is 0 Å². The SMILES string of the molecule is CCCCCC(O)(CCCC)C(=O)O. The van der Waals surface area contributed by atoms with E-state index >= 15 is 0 Å². The third-order valence-electron chi connectivity index (χ3n) is 2.54. The molecule has 84 valence electrons. The minimum Gasteiger partial charge on any atom is -0.479 e. The summed E-state index contributed by atoms with van der Waals surface area (Å²) in [5.74, 6) is -1.07. The Bertz CT molecular complexity index is 168. The first-order valence-corrected chi connectivity index (χ1v) is 5.52. The van der Waals surface area contributed by atoms with Crippen LogP contribution in [0, 0.1) is 0 Å². The van der Waals surface area contributed by atoms with Crippen molar-refractivity contribution < 1.29 is 15.0 Å². The maximum Gasteiger partial charge on any atom is 0.335 e. The molecule has 0 aromatic carbocycles. The Morgan fingerprint density at radius 2 is 1.57 bits per heavy atom. The topological polar surface area (TPSA) is 57.5 Å². The monoisotopic (exact) mass is 202 g/mol. The molecule has 0 rings (SSSR count). The van der Waals surface area contributed by atoms with E-state index in [1.54, 1.807) is 0 Å². The molecule has 1 atom stereocenters. The molecular weight excluding hydrogens is 180 g/mol. The molecule has 0 saturated carbocycles. The molecule has 0 fully saturated rings. The molecule has 1 unspecified atom stereocenters. The first-order valence-electron chi connectivity index (χ1n) is 5.52. The van der Waals surface area contributed by atoms with E-state index in [9.17, 15) is 9.90 Å². The van der Waals surface area contributed by atoms with Gasteiger partial charge in [0.1, 0.15) is 0 Å². The van der Waals surface area contributed by atoms with Gasteiger partial charge < -0.3 is 10.2 Å². The molecule has 0 aromatic heterocycles. The van der Waals surface area contributed by atoms with Crippen molar-refractivity contribution in [2.45, 2.75) is 64.4 Å². The lowest BCUT2D eigenvalue weighted by Gasteiger charge is -2.22. The lowest BCUT2D eigenvalue weighted by Crippen LogP contribution is -2.38. The van der Waals surface area contributed by atoms with Crippen molar-refractivity contribution in [1.82, 2.24) is 0 Å². The van der Waals surface area contributed by atoms with Gasteiger partial charge in [-0.2, -0.15) is 0 Å². The highest BCUT2D eigenvalue weighted by Gasteiger charge is 2.34. The zero-order chi connectivity index (χ0) is 11.0. The summed E-state index contributed by atoms with van der Waals surface area (Å²) in [7, 11) is 0. The molecule has 3 nitrogen and oxygen atoms in total. The van der Waals surface area contributed by atoms with Gasteiger partial charge in [-0.25, -0.2) is 4.79 Å². The smallest absolute Gasteiger partial charge is 0.335 e. The lowest BCUT2D eigenvalue weighted by molar-refractivity contribution is -0.160. The van der Waals surface area contributed by atoms with Gasteiger partial charge in [0.2, 0.25) is 0 Å². The van der Waals surface area contributed by atoms with Crippen LogP contribution in [0.4, 0.5) is 0 Å². The van der Waals surface area contributed by atoms with E-state index in [0.29, 0.717) is 12.8 Å². The van der Waals surface area contributed by atoms with Crippen molar-refractivity contribution in [2.75, 3.05) is 0 Å². The molecule has 0 aliphatic heterocycles. The maximum atomic E-state index is 10.9. The van der Waals surface area contributed by atoms with Crippen LogP contribution < -0.4 is 0 Å². The van der Waals surface area contributed by atoms with Crippen LogP contribution in [0.1, 0.15) is 58.8 Å². The average Bonchev–Trinajstić information content (AvgIpc) is 2.15. The molecule has 0 amide bonds. The minimum atomic E-state index is -1.48. The average molecular weight is 202 g/mol. The Labute approximate surface area is 86.1 Å². The van der Waals surface area contributed by atoms with Gasteiger partial charge in [0, 0.05) is 0 Å². The van der Waals surface area contributed by atoms with E-state index in [-0.39, 0.29) is 0 Å². The van der Waals surface area contributed by atoms with Crippen LogP contribution >= 0.6 is 0 Å². The largest absolute Gasteiger partial charge is 0.479 e. The second-order valence-electron chi connectivity index (χ2n) is 3.90. The fraction of sp³-hybridized carbons (Fsp3) is 0.909. The second kappa shape index (κ2) is 6.82. The maximum absolute atomic E-state index is 10.9. The Balaban J connectivity index is 4.03. The van der Waals surface area contributed by atoms with Crippen LogP contribution in [-0.2, 0) is 4.79 Å². The molecule has 2 N–H and O–H groups in total. The molecule has 3 heteroatoms. The van der Waals surface area contributed by atoms with Gasteiger partial charge in [-0.05, 0) is 19.3 Å². The van der Waals surface area contributed by atoms with Crippen molar-refractivity contribution in [3.63, 3.8) is 0 Å². The summed E-state index contributed by atoms with van der Waals surface area (Å²) in [4.78, 5) is 10.9. The summed E-state index contributed by atoms with van der Waals surface area (Å²) in [6.07, 6.45) is 5.28. The summed E-state index contributed by atoms with van der Waals surface area (Å²) >= 11 is 0. The molecule has 0 radical (unpaired) electrons. The van der Waals surface area contributed by atoms with E-state index < -0.39 is 11.6 Å². The first kappa shape index (κ1) is 13.4. The fourth-order valence-electron chi connectivity index (χ4n) is 1.48. The van der Waals surface area contributed by atoms with Crippen LogP contribution in [0.5, 0.6) is 0 Å². The zero-order valence-electron chi connectivity index (χ0n) is 9.25. The molecular formula is C11H22O3. The van der Waals surface area contributed by atoms with Crippen molar-refractivity contribution in [1.29, 1.82) is 0 Å². The van der Waals surface area contributed by atoms with Gasteiger partial charge in [-0.15, -0.1) is 0 Å². The van der Waals surface area contributed by atoms with Gasteiger partial charge in [-0.3, -0.25) is 0 Å². The number of aliphatic hydroxyl groups is 1. The number of hydrogen-bond donors (Lipinski definition) is 2. The molecule has 0 spiro atoms. The molecule has 0 aromatic rings. The van der Waals surface area contributed by atoms with Crippen LogP contribution in [-0.4, -0.2) is 21.8 Å². The number of carboxylic acids is 1. The number of unbranched alkanes of at least 4 members (excludes halogenated alkanes) is 3. The fourth-order valence-corrected chi connectivity index (χ4v) is 1.48. The lowest BCUT2D eigenvalue weighted by atomic mass is 9.91. The van der Waals surface area contributed by atoms with Gasteiger partial charge in [0.15, 0.2) is 5.60 Å². The Kier molecular flexibility index (Phi) is 6.54. The quantitative estimate of drug-likeness (QED) is 0.595. The zero-order valence-corrected chi connectivity index (χ0v) is 9.25. The van der Waals surface area contributed by atoms with Gasteiger partial charge in [0.25, 0.3) is 0 Å². The molecule has 0 heterocycles. The number of rotatable bonds is 8. The molecule has 0 bridgehead atoms. The number of carbonyl (C=O) groups is 1. The van der Waals surface area contributed by atoms with Crippen molar-refractivity contribution >= 4 is 5.97 Å². The van der Waals surface area contributed by atoms with Crippen molar-refractivity contribution in [3.8, 4) is 0 Å². The second-order valence-corrected chi connectivity index (χ2v) is 3.90. The molecule has 0 aliphatic rings. The Morgan fingerprint density at radius 3 is 2.00 bits per heavy atom. The van der Waals surface area contributed by atoms with Gasteiger partial charge in [-0.1, -0.05) is 39.5 Å². The predicted octanol–water partition coefficient (Wildman–Crippen LogP) is 2.57. The highest BCUT2D eigenvalue weighted by molar-refractivity contribution is 5.76.